The molecule has 0 saturated carbocycles. The van der Waals surface area contributed by atoms with Gasteiger partial charge < -0.3 is 0 Å². The molecule has 2 rings (SSSR count). The number of aromatic nitrogens is 3. The second-order valence-electron chi connectivity index (χ2n) is 4.38. The molecule has 0 N–H and O–H groups in total. The minimum atomic E-state index is -0.282. The van der Waals surface area contributed by atoms with Gasteiger partial charge in [-0.25, -0.2) is 9.07 Å². The fourth-order valence-corrected chi connectivity index (χ4v) is 1.92. The third-order valence-corrected chi connectivity index (χ3v) is 2.74. The van der Waals surface area contributed by atoms with E-state index in [0.29, 0.717) is 17.5 Å². The van der Waals surface area contributed by atoms with Crippen molar-refractivity contribution in [1.29, 1.82) is 0 Å². The van der Waals surface area contributed by atoms with E-state index in [4.69, 9.17) is 0 Å². The van der Waals surface area contributed by atoms with Crippen LogP contribution in [-0.2, 0) is 6.54 Å². The lowest BCUT2D eigenvalue weighted by molar-refractivity contribution is 0.111. The van der Waals surface area contributed by atoms with Crippen LogP contribution in [0.5, 0.6) is 0 Å². The summed E-state index contributed by atoms with van der Waals surface area (Å²) in [7, 11) is 0. The standard InChI is InChI=1S/C13H14FN3O/c1-9(2)13-12(8-18)15-16-17(13)7-10-5-3-4-6-11(10)14/h3-6,8-9H,7H2,1-2H3. The van der Waals surface area contributed by atoms with E-state index in [1.54, 1.807) is 22.9 Å². The Morgan fingerprint density at radius 3 is 2.72 bits per heavy atom. The van der Waals surface area contributed by atoms with Gasteiger partial charge in [-0.1, -0.05) is 37.3 Å². The van der Waals surface area contributed by atoms with Crippen molar-refractivity contribution in [2.45, 2.75) is 26.3 Å². The maximum atomic E-state index is 13.6. The summed E-state index contributed by atoms with van der Waals surface area (Å²) in [5, 5.41) is 7.72. The number of aldehydes is 1. The van der Waals surface area contributed by atoms with Gasteiger partial charge >= 0.3 is 0 Å². The van der Waals surface area contributed by atoms with Crippen LogP contribution in [0.3, 0.4) is 0 Å². The van der Waals surface area contributed by atoms with E-state index >= 15 is 0 Å². The molecule has 18 heavy (non-hydrogen) atoms. The maximum Gasteiger partial charge on any atom is 0.172 e. The Bertz CT molecular complexity index is 563. The van der Waals surface area contributed by atoms with Crippen molar-refractivity contribution in [2.24, 2.45) is 0 Å². The van der Waals surface area contributed by atoms with Crippen LogP contribution in [0, 0.1) is 5.82 Å². The summed E-state index contributed by atoms with van der Waals surface area (Å²) in [6.07, 6.45) is 0.681. The van der Waals surface area contributed by atoms with Crippen molar-refractivity contribution in [1.82, 2.24) is 15.0 Å². The van der Waals surface area contributed by atoms with E-state index < -0.39 is 0 Å². The number of benzene rings is 1. The first kappa shape index (κ1) is 12.4. The summed E-state index contributed by atoms with van der Waals surface area (Å²) >= 11 is 0. The Labute approximate surface area is 104 Å². The Morgan fingerprint density at radius 2 is 2.11 bits per heavy atom. The van der Waals surface area contributed by atoms with Gasteiger partial charge in [0.2, 0.25) is 0 Å². The van der Waals surface area contributed by atoms with Crippen LogP contribution in [0.25, 0.3) is 0 Å². The smallest absolute Gasteiger partial charge is 0.172 e. The highest BCUT2D eigenvalue weighted by Crippen LogP contribution is 2.18. The lowest BCUT2D eigenvalue weighted by atomic mass is 10.1. The zero-order valence-corrected chi connectivity index (χ0v) is 10.3. The average molecular weight is 247 g/mol. The van der Waals surface area contributed by atoms with Gasteiger partial charge in [0.05, 0.1) is 12.2 Å². The molecule has 1 aromatic carbocycles. The van der Waals surface area contributed by atoms with Crippen LogP contribution >= 0.6 is 0 Å². The predicted molar refractivity (Wildman–Crippen MR) is 65.0 cm³/mol. The molecule has 0 atom stereocenters. The molecule has 94 valence electrons. The predicted octanol–water partition coefficient (Wildman–Crippen LogP) is 2.40. The van der Waals surface area contributed by atoms with Crippen molar-refractivity contribution in [3.63, 3.8) is 0 Å². The average Bonchev–Trinajstić information content (AvgIpc) is 2.75. The second kappa shape index (κ2) is 5.08. The molecule has 1 aromatic heterocycles. The topological polar surface area (TPSA) is 47.8 Å². The molecule has 4 nitrogen and oxygen atoms in total. The number of carbonyl (C=O) groups excluding carboxylic acids is 1. The molecule has 0 radical (unpaired) electrons. The van der Waals surface area contributed by atoms with E-state index in [-0.39, 0.29) is 18.3 Å². The van der Waals surface area contributed by atoms with Gasteiger partial charge in [0.1, 0.15) is 11.5 Å². The van der Waals surface area contributed by atoms with Gasteiger partial charge in [0, 0.05) is 5.56 Å². The molecule has 0 amide bonds. The maximum absolute atomic E-state index is 13.6. The van der Waals surface area contributed by atoms with E-state index in [2.05, 4.69) is 10.3 Å². The summed E-state index contributed by atoms with van der Waals surface area (Å²) in [6.45, 7) is 4.17. The molecule has 0 spiro atoms. The molecule has 0 unspecified atom stereocenters. The van der Waals surface area contributed by atoms with Crippen LogP contribution < -0.4 is 0 Å². The summed E-state index contributed by atoms with van der Waals surface area (Å²) < 4.78 is 15.1. The third kappa shape index (κ3) is 2.30. The number of halogens is 1. The summed E-state index contributed by atoms with van der Waals surface area (Å²) in [4.78, 5) is 10.9. The van der Waals surface area contributed by atoms with E-state index in [0.717, 1.165) is 5.69 Å². The van der Waals surface area contributed by atoms with E-state index in [1.165, 1.54) is 6.07 Å². The van der Waals surface area contributed by atoms with E-state index in [1.807, 2.05) is 13.8 Å². The van der Waals surface area contributed by atoms with Gasteiger partial charge in [0.15, 0.2) is 6.29 Å². The summed E-state index contributed by atoms with van der Waals surface area (Å²) in [5.74, 6) is -0.178. The van der Waals surface area contributed by atoms with Crippen LogP contribution in [0.4, 0.5) is 4.39 Å². The monoisotopic (exact) mass is 247 g/mol. The third-order valence-electron chi connectivity index (χ3n) is 2.74. The Morgan fingerprint density at radius 1 is 1.39 bits per heavy atom. The fraction of sp³-hybridized carbons (Fsp3) is 0.308. The minimum Gasteiger partial charge on any atom is -0.296 e. The molecule has 0 saturated heterocycles. The van der Waals surface area contributed by atoms with Gasteiger partial charge in [-0.2, -0.15) is 0 Å². The molecule has 1 heterocycles. The number of hydrogen-bond donors (Lipinski definition) is 0. The Balaban J connectivity index is 2.38. The van der Waals surface area contributed by atoms with Crippen molar-refractivity contribution >= 4 is 6.29 Å². The molecule has 2 aromatic rings. The molecule has 0 aliphatic carbocycles. The summed E-state index contributed by atoms with van der Waals surface area (Å²) in [5.41, 5.74) is 1.58. The Kier molecular flexibility index (Phi) is 3.50. The number of nitrogens with zero attached hydrogens (tertiary/aromatic N) is 3. The van der Waals surface area contributed by atoms with Crippen LogP contribution in [0.1, 0.15) is 41.5 Å². The molecular weight excluding hydrogens is 233 g/mol. The Hall–Kier alpha value is -2.04. The largest absolute Gasteiger partial charge is 0.296 e. The zero-order valence-electron chi connectivity index (χ0n) is 10.3. The first-order valence-electron chi connectivity index (χ1n) is 5.75. The number of rotatable bonds is 4. The molecule has 5 heteroatoms. The quantitative estimate of drug-likeness (QED) is 0.779. The van der Waals surface area contributed by atoms with Crippen LogP contribution in [0.15, 0.2) is 24.3 Å². The number of hydrogen-bond acceptors (Lipinski definition) is 3. The zero-order chi connectivity index (χ0) is 13.1. The fourth-order valence-electron chi connectivity index (χ4n) is 1.92. The molecule has 0 fully saturated rings. The van der Waals surface area contributed by atoms with E-state index in [9.17, 15) is 9.18 Å². The SMILES string of the molecule is CC(C)c1c(C=O)nnn1Cc1ccccc1F. The first-order valence-corrected chi connectivity index (χ1v) is 5.75. The molecular formula is C13H14FN3O. The van der Waals surface area contributed by atoms with Crippen LogP contribution in [0.2, 0.25) is 0 Å². The lowest BCUT2D eigenvalue weighted by Crippen LogP contribution is -2.09. The normalized spacial score (nSPS) is 10.9. The van der Waals surface area contributed by atoms with Crippen molar-refractivity contribution in [2.75, 3.05) is 0 Å². The van der Waals surface area contributed by atoms with Gasteiger partial charge in [-0.3, -0.25) is 4.79 Å². The minimum absolute atomic E-state index is 0.104. The van der Waals surface area contributed by atoms with Crippen molar-refractivity contribution in [3.05, 3.63) is 47.0 Å². The number of carbonyl (C=O) groups is 1. The molecule has 0 aliphatic heterocycles. The van der Waals surface area contributed by atoms with Gasteiger partial charge in [-0.15, -0.1) is 5.10 Å². The van der Waals surface area contributed by atoms with Gasteiger partial charge in [0.25, 0.3) is 0 Å². The molecule has 0 aliphatic rings. The van der Waals surface area contributed by atoms with Gasteiger partial charge in [-0.05, 0) is 12.0 Å². The summed E-state index contributed by atoms with van der Waals surface area (Å²) in [6, 6.07) is 6.51. The highest BCUT2D eigenvalue weighted by molar-refractivity contribution is 5.73. The lowest BCUT2D eigenvalue weighted by Gasteiger charge is -2.10. The van der Waals surface area contributed by atoms with Crippen molar-refractivity contribution in [3.8, 4) is 0 Å². The second-order valence-corrected chi connectivity index (χ2v) is 4.38. The highest BCUT2D eigenvalue weighted by Gasteiger charge is 2.16. The molecule has 0 bridgehead atoms. The first-order chi connectivity index (χ1) is 8.63. The highest BCUT2D eigenvalue weighted by atomic mass is 19.1. The van der Waals surface area contributed by atoms with Crippen molar-refractivity contribution < 1.29 is 9.18 Å². The van der Waals surface area contributed by atoms with Crippen LogP contribution in [-0.4, -0.2) is 21.3 Å².